The summed E-state index contributed by atoms with van der Waals surface area (Å²) < 4.78 is 11.9. The summed E-state index contributed by atoms with van der Waals surface area (Å²) in [5, 5.41) is 12.3. The summed E-state index contributed by atoms with van der Waals surface area (Å²) in [6, 6.07) is 0.450. The van der Waals surface area contributed by atoms with Gasteiger partial charge in [0.05, 0.1) is 6.10 Å². The summed E-state index contributed by atoms with van der Waals surface area (Å²) in [5.74, 6) is 0. The molecule has 2 unspecified atom stereocenters. The van der Waals surface area contributed by atoms with Crippen molar-refractivity contribution in [3.8, 4) is 0 Å². The van der Waals surface area contributed by atoms with E-state index >= 15 is 0 Å². The SMILES string of the molecule is CC1CN(CC(O)CF)CCN1. The fourth-order valence-electron chi connectivity index (χ4n) is 1.52. The van der Waals surface area contributed by atoms with E-state index in [1.54, 1.807) is 0 Å². The van der Waals surface area contributed by atoms with Crippen molar-refractivity contribution in [1.82, 2.24) is 10.2 Å². The fraction of sp³-hybridized carbons (Fsp3) is 1.00. The number of β-amino-alcohol motifs (C(OH)–C–C–N with tert-alkyl or cyclic N) is 1. The molecule has 1 heterocycles. The van der Waals surface area contributed by atoms with Crippen LogP contribution in [-0.2, 0) is 0 Å². The first-order valence-electron chi connectivity index (χ1n) is 4.42. The topological polar surface area (TPSA) is 35.5 Å². The lowest BCUT2D eigenvalue weighted by Crippen LogP contribution is -2.51. The van der Waals surface area contributed by atoms with Crippen LogP contribution in [0.4, 0.5) is 4.39 Å². The quantitative estimate of drug-likeness (QED) is 0.615. The Morgan fingerprint density at radius 2 is 2.50 bits per heavy atom. The Hall–Kier alpha value is -0.190. The molecule has 0 spiro atoms. The molecule has 0 bridgehead atoms. The van der Waals surface area contributed by atoms with E-state index in [9.17, 15) is 4.39 Å². The van der Waals surface area contributed by atoms with Crippen LogP contribution < -0.4 is 5.32 Å². The third-order valence-corrected chi connectivity index (χ3v) is 2.10. The standard InChI is InChI=1S/C8H17FN2O/c1-7-5-11(3-2-10-7)6-8(12)4-9/h7-8,10,12H,2-6H2,1H3. The molecule has 12 heavy (non-hydrogen) atoms. The normalized spacial score (nSPS) is 28.8. The van der Waals surface area contributed by atoms with Crippen LogP contribution in [0.25, 0.3) is 0 Å². The second kappa shape index (κ2) is 4.74. The molecule has 0 aliphatic carbocycles. The number of nitrogens with one attached hydrogen (secondary N) is 1. The summed E-state index contributed by atoms with van der Waals surface area (Å²) in [6.07, 6.45) is -0.810. The van der Waals surface area contributed by atoms with Gasteiger partial charge in [-0.1, -0.05) is 0 Å². The summed E-state index contributed by atoms with van der Waals surface area (Å²) in [7, 11) is 0. The van der Waals surface area contributed by atoms with Gasteiger partial charge in [0.15, 0.2) is 0 Å². The number of nitrogens with zero attached hydrogens (tertiary/aromatic N) is 1. The second-order valence-corrected chi connectivity index (χ2v) is 3.42. The maximum Gasteiger partial charge on any atom is 0.117 e. The molecule has 2 atom stereocenters. The number of alkyl halides is 1. The van der Waals surface area contributed by atoms with Gasteiger partial charge >= 0.3 is 0 Å². The number of piperazine rings is 1. The lowest BCUT2D eigenvalue weighted by molar-refractivity contribution is 0.0773. The van der Waals surface area contributed by atoms with Crippen molar-refractivity contribution in [2.45, 2.75) is 19.1 Å². The fourth-order valence-corrected chi connectivity index (χ4v) is 1.52. The van der Waals surface area contributed by atoms with Crippen molar-refractivity contribution in [2.24, 2.45) is 0 Å². The first kappa shape index (κ1) is 9.89. The molecule has 1 saturated heterocycles. The number of aliphatic hydroxyl groups is 1. The highest BCUT2D eigenvalue weighted by Crippen LogP contribution is 2.00. The van der Waals surface area contributed by atoms with Gasteiger partial charge in [-0.2, -0.15) is 0 Å². The van der Waals surface area contributed by atoms with Gasteiger partial charge in [-0.15, -0.1) is 0 Å². The van der Waals surface area contributed by atoms with Crippen LogP contribution in [-0.4, -0.2) is 55.0 Å². The number of rotatable bonds is 3. The van der Waals surface area contributed by atoms with Gasteiger partial charge in [0.1, 0.15) is 6.67 Å². The zero-order valence-electron chi connectivity index (χ0n) is 7.46. The highest BCUT2D eigenvalue weighted by molar-refractivity contribution is 4.76. The summed E-state index contributed by atoms with van der Waals surface area (Å²) in [5.41, 5.74) is 0. The van der Waals surface area contributed by atoms with Crippen molar-refractivity contribution in [2.75, 3.05) is 32.9 Å². The molecule has 0 aromatic rings. The summed E-state index contributed by atoms with van der Waals surface area (Å²) >= 11 is 0. The Bertz CT molecular complexity index is 134. The Morgan fingerprint density at radius 3 is 3.08 bits per heavy atom. The molecule has 1 fully saturated rings. The predicted octanol–water partition coefficient (Wildman–Crippen LogP) is -0.389. The highest BCUT2D eigenvalue weighted by atomic mass is 19.1. The Labute approximate surface area is 72.6 Å². The molecule has 0 aromatic heterocycles. The van der Waals surface area contributed by atoms with Crippen molar-refractivity contribution < 1.29 is 9.50 Å². The number of halogens is 1. The van der Waals surface area contributed by atoms with Gasteiger partial charge in [-0.25, -0.2) is 4.39 Å². The van der Waals surface area contributed by atoms with Gasteiger partial charge in [0.2, 0.25) is 0 Å². The van der Waals surface area contributed by atoms with E-state index in [0.717, 1.165) is 19.6 Å². The van der Waals surface area contributed by atoms with Gasteiger partial charge < -0.3 is 10.4 Å². The molecular formula is C8H17FN2O. The van der Waals surface area contributed by atoms with Gasteiger partial charge in [0, 0.05) is 32.2 Å². The van der Waals surface area contributed by atoms with Crippen LogP contribution in [0.5, 0.6) is 0 Å². The first-order chi connectivity index (χ1) is 5.72. The average Bonchev–Trinajstić information content (AvgIpc) is 2.04. The molecule has 1 rings (SSSR count). The summed E-state index contributed by atoms with van der Waals surface area (Å²) in [6.45, 7) is 4.65. The van der Waals surface area contributed by atoms with Crippen LogP contribution in [0.3, 0.4) is 0 Å². The second-order valence-electron chi connectivity index (χ2n) is 3.42. The Kier molecular flexibility index (Phi) is 3.91. The molecule has 1 aliphatic rings. The van der Waals surface area contributed by atoms with Crippen molar-refractivity contribution in [1.29, 1.82) is 0 Å². The minimum absolute atomic E-state index is 0.450. The molecule has 0 amide bonds. The van der Waals surface area contributed by atoms with E-state index in [4.69, 9.17) is 5.11 Å². The lowest BCUT2D eigenvalue weighted by atomic mass is 10.2. The van der Waals surface area contributed by atoms with Gasteiger partial charge in [0.25, 0.3) is 0 Å². The lowest BCUT2D eigenvalue weighted by Gasteiger charge is -2.32. The van der Waals surface area contributed by atoms with Crippen LogP contribution in [0.2, 0.25) is 0 Å². The molecule has 1 aliphatic heterocycles. The van der Waals surface area contributed by atoms with Crippen LogP contribution in [0.15, 0.2) is 0 Å². The smallest absolute Gasteiger partial charge is 0.117 e. The maximum atomic E-state index is 11.9. The molecule has 3 nitrogen and oxygen atoms in total. The molecule has 4 heteroatoms. The van der Waals surface area contributed by atoms with E-state index < -0.39 is 12.8 Å². The maximum absolute atomic E-state index is 11.9. The van der Waals surface area contributed by atoms with Crippen molar-refractivity contribution in [3.05, 3.63) is 0 Å². The summed E-state index contributed by atoms with van der Waals surface area (Å²) in [4.78, 5) is 2.09. The van der Waals surface area contributed by atoms with E-state index in [0.29, 0.717) is 12.6 Å². The van der Waals surface area contributed by atoms with E-state index in [1.165, 1.54) is 0 Å². The van der Waals surface area contributed by atoms with E-state index in [1.807, 2.05) is 0 Å². The third kappa shape index (κ3) is 3.05. The van der Waals surface area contributed by atoms with Crippen LogP contribution in [0, 0.1) is 0 Å². The number of hydrogen-bond acceptors (Lipinski definition) is 3. The van der Waals surface area contributed by atoms with Gasteiger partial charge in [-0.3, -0.25) is 4.90 Å². The third-order valence-electron chi connectivity index (χ3n) is 2.10. The minimum Gasteiger partial charge on any atom is -0.389 e. The number of hydrogen-bond donors (Lipinski definition) is 2. The average molecular weight is 176 g/mol. The Balaban J connectivity index is 2.22. The van der Waals surface area contributed by atoms with E-state index in [-0.39, 0.29) is 0 Å². The monoisotopic (exact) mass is 176 g/mol. The molecule has 0 saturated carbocycles. The van der Waals surface area contributed by atoms with Crippen LogP contribution in [0.1, 0.15) is 6.92 Å². The number of aliphatic hydroxyl groups excluding tert-OH is 1. The first-order valence-corrected chi connectivity index (χ1v) is 4.42. The predicted molar refractivity (Wildman–Crippen MR) is 45.9 cm³/mol. The van der Waals surface area contributed by atoms with Crippen molar-refractivity contribution >= 4 is 0 Å². The van der Waals surface area contributed by atoms with E-state index in [2.05, 4.69) is 17.1 Å². The van der Waals surface area contributed by atoms with Gasteiger partial charge in [-0.05, 0) is 6.92 Å². The molecular weight excluding hydrogens is 159 g/mol. The van der Waals surface area contributed by atoms with Crippen molar-refractivity contribution in [3.63, 3.8) is 0 Å². The largest absolute Gasteiger partial charge is 0.389 e. The highest BCUT2D eigenvalue weighted by Gasteiger charge is 2.17. The molecule has 72 valence electrons. The van der Waals surface area contributed by atoms with Crippen LogP contribution >= 0.6 is 0 Å². The zero-order chi connectivity index (χ0) is 8.97. The zero-order valence-corrected chi connectivity index (χ0v) is 7.46. The Morgan fingerprint density at radius 1 is 1.75 bits per heavy atom. The minimum atomic E-state index is -0.810. The molecule has 2 N–H and O–H groups in total. The molecule has 0 radical (unpaired) electrons. The molecule has 0 aromatic carbocycles.